The first-order chi connectivity index (χ1) is 23.1. The normalized spacial score (nSPS) is 19.7. The first-order valence-corrected chi connectivity index (χ1v) is 16.7. The number of nitrogens with one attached hydrogen (secondary N) is 1. The van der Waals surface area contributed by atoms with Crippen LogP contribution in [0, 0.1) is 5.41 Å². The lowest BCUT2D eigenvalue weighted by molar-refractivity contribution is -0.236. The number of ether oxygens (including phenoxy) is 1. The van der Waals surface area contributed by atoms with Gasteiger partial charge in [-0.3, -0.25) is 19.6 Å². The molecule has 3 aliphatic heterocycles. The number of hydrogen-bond acceptors (Lipinski definition) is 6. The second-order valence-electron chi connectivity index (χ2n) is 13.4. The van der Waals surface area contributed by atoms with Gasteiger partial charge in [-0.2, -0.15) is 13.2 Å². The Balaban J connectivity index is 1.19. The average molecular weight is 661 g/mol. The zero-order valence-electron chi connectivity index (χ0n) is 26.6. The Kier molecular flexibility index (Phi) is 8.86. The van der Waals surface area contributed by atoms with Crippen molar-refractivity contribution in [2.45, 2.75) is 56.9 Å². The summed E-state index contributed by atoms with van der Waals surface area (Å²) in [6.45, 7) is 4.10. The van der Waals surface area contributed by atoms with Gasteiger partial charge in [-0.1, -0.05) is 36.4 Å². The molecule has 1 amide bonds. The minimum absolute atomic E-state index is 0.0594. The van der Waals surface area contributed by atoms with Crippen LogP contribution in [0.25, 0.3) is 32.7 Å². The van der Waals surface area contributed by atoms with E-state index in [1.165, 1.54) is 18.4 Å². The summed E-state index contributed by atoms with van der Waals surface area (Å²) in [6, 6.07) is 16.3. The number of alkyl halides is 3. The number of carboxylic acid groups (broad SMARTS) is 1. The van der Waals surface area contributed by atoms with E-state index in [2.05, 4.69) is 27.3 Å². The van der Waals surface area contributed by atoms with Crippen molar-refractivity contribution in [3.05, 3.63) is 78.1 Å². The maximum atomic E-state index is 14.6. The molecule has 0 spiro atoms. The molecule has 1 atom stereocenters. The van der Waals surface area contributed by atoms with Gasteiger partial charge >= 0.3 is 12.1 Å². The van der Waals surface area contributed by atoms with Crippen molar-refractivity contribution in [2.24, 2.45) is 5.41 Å². The lowest BCUT2D eigenvalue weighted by Gasteiger charge is -2.46. The van der Waals surface area contributed by atoms with Crippen LogP contribution in [0.2, 0.25) is 0 Å². The zero-order valence-corrected chi connectivity index (χ0v) is 26.6. The summed E-state index contributed by atoms with van der Waals surface area (Å²) in [5.41, 5.74) is 1.12. The number of carboxylic acids is 1. The number of rotatable bonds is 9. The van der Waals surface area contributed by atoms with E-state index in [9.17, 15) is 27.9 Å². The fraction of sp³-hybridized carbons (Fsp3) is 0.432. The zero-order chi connectivity index (χ0) is 33.5. The van der Waals surface area contributed by atoms with Crippen LogP contribution in [0.1, 0.15) is 36.8 Å². The highest BCUT2D eigenvalue weighted by molar-refractivity contribution is 6.06. The van der Waals surface area contributed by atoms with Crippen LogP contribution >= 0.6 is 0 Å². The highest BCUT2D eigenvalue weighted by Crippen LogP contribution is 2.47. The number of carbonyl (C=O) groups excluding carboxylic acids is 1. The second-order valence-corrected chi connectivity index (χ2v) is 13.4. The van der Waals surface area contributed by atoms with Gasteiger partial charge in [0, 0.05) is 30.7 Å². The lowest BCUT2D eigenvalue weighted by atomic mass is 9.76. The molecule has 48 heavy (non-hydrogen) atoms. The van der Waals surface area contributed by atoms with Crippen molar-refractivity contribution in [3.8, 4) is 11.1 Å². The predicted molar refractivity (Wildman–Crippen MR) is 176 cm³/mol. The maximum Gasteiger partial charge on any atom is 0.403 e. The monoisotopic (exact) mass is 660 g/mol. The van der Waals surface area contributed by atoms with Gasteiger partial charge in [0.1, 0.15) is 11.5 Å². The summed E-state index contributed by atoms with van der Waals surface area (Å²) in [4.78, 5) is 34.7. The van der Waals surface area contributed by atoms with Crippen LogP contribution in [0.5, 0.6) is 0 Å². The largest absolute Gasteiger partial charge is 0.480 e. The van der Waals surface area contributed by atoms with Crippen molar-refractivity contribution in [3.63, 3.8) is 0 Å². The molecule has 3 aliphatic rings. The number of amides is 1. The topological polar surface area (TPSA) is 95.0 Å². The Hall–Kier alpha value is -4.06. The molecule has 7 rings (SSSR count). The quantitative estimate of drug-likeness (QED) is 0.234. The average Bonchev–Trinajstić information content (AvgIpc) is 3.56. The van der Waals surface area contributed by atoms with E-state index in [-0.39, 0.29) is 25.6 Å². The molecule has 3 fully saturated rings. The molecule has 1 aromatic heterocycles. The van der Waals surface area contributed by atoms with Gasteiger partial charge < -0.3 is 15.2 Å². The molecular weight excluding hydrogens is 621 g/mol. The van der Waals surface area contributed by atoms with Crippen molar-refractivity contribution < 1.29 is 32.6 Å². The first-order valence-electron chi connectivity index (χ1n) is 16.7. The number of hydrogen-bond donors (Lipinski definition) is 2. The summed E-state index contributed by atoms with van der Waals surface area (Å²) in [5.74, 6) is -2.66. The van der Waals surface area contributed by atoms with E-state index in [1.807, 2.05) is 47.5 Å². The molecular formula is C37H39F3N4O4. The molecule has 0 bridgehead atoms. The number of pyridine rings is 1. The predicted octanol–water partition coefficient (Wildman–Crippen LogP) is 5.81. The van der Waals surface area contributed by atoms with Crippen LogP contribution in [-0.4, -0.2) is 89.4 Å². The van der Waals surface area contributed by atoms with Crippen LogP contribution < -0.4 is 5.32 Å². The summed E-state index contributed by atoms with van der Waals surface area (Å²) >= 11 is 0. The highest BCUT2D eigenvalue weighted by Gasteiger charge is 2.61. The van der Waals surface area contributed by atoms with E-state index in [1.54, 1.807) is 12.3 Å². The standard InChI is InChI=1S/C37H39F3N4O4/c38-37(39,40)36(10-15-44(16-11-36)27-22-48-23-27)35(47)42-33(34(45)46)19-25-5-3-7-29-28(25)6-4-8-30(29)31-18-24(21-43-13-1-2-14-43)17-26-9-12-41-20-32(26)31/h3-9,12,17-18,20,27,33H,1-2,10-11,13-16,19,21-23H2,(H,42,47)(H,45,46)/t33-/m0/s1. The van der Waals surface area contributed by atoms with Crippen molar-refractivity contribution >= 4 is 33.4 Å². The molecule has 0 aliphatic carbocycles. The van der Waals surface area contributed by atoms with E-state index in [0.717, 1.165) is 52.3 Å². The summed E-state index contributed by atoms with van der Waals surface area (Å²) in [5, 5.41) is 16.2. The molecule has 2 N–H and O–H groups in total. The second kappa shape index (κ2) is 13.1. The number of halogens is 3. The molecule has 3 aromatic carbocycles. The Morgan fingerprint density at radius 1 is 0.958 bits per heavy atom. The van der Waals surface area contributed by atoms with Gasteiger partial charge in [-0.25, -0.2) is 4.79 Å². The Morgan fingerprint density at radius 2 is 1.69 bits per heavy atom. The Labute approximate surface area is 276 Å². The van der Waals surface area contributed by atoms with Crippen LogP contribution in [-0.2, 0) is 27.3 Å². The van der Waals surface area contributed by atoms with E-state index in [0.29, 0.717) is 18.8 Å². The number of fused-ring (bicyclic) bond motifs is 2. The first kappa shape index (κ1) is 32.5. The van der Waals surface area contributed by atoms with Crippen molar-refractivity contribution in [1.29, 1.82) is 0 Å². The minimum Gasteiger partial charge on any atom is -0.480 e. The number of piperidine rings is 1. The number of benzene rings is 3. The van der Waals surface area contributed by atoms with Gasteiger partial charge in [0.15, 0.2) is 0 Å². The van der Waals surface area contributed by atoms with Gasteiger partial charge in [-0.15, -0.1) is 0 Å². The number of aromatic nitrogens is 1. The fourth-order valence-electron chi connectivity index (χ4n) is 7.62. The molecule has 11 heteroatoms. The molecule has 0 saturated carbocycles. The Morgan fingerprint density at radius 3 is 2.38 bits per heavy atom. The number of carbonyl (C=O) groups is 2. The summed E-state index contributed by atoms with van der Waals surface area (Å²) in [7, 11) is 0. The Bertz CT molecular complexity index is 1830. The third kappa shape index (κ3) is 6.15. The van der Waals surface area contributed by atoms with Crippen LogP contribution in [0.4, 0.5) is 13.2 Å². The van der Waals surface area contributed by atoms with Gasteiger partial charge in [-0.05, 0) is 108 Å². The fourth-order valence-corrected chi connectivity index (χ4v) is 7.62. The number of aliphatic carboxylic acids is 1. The highest BCUT2D eigenvalue weighted by atomic mass is 19.4. The molecule has 8 nitrogen and oxygen atoms in total. The third-order valence-corrected chi connectivity index (χ3v) is 10.5. The molecule has 252 valence electrons. The summed E-state index contributed by atoms with van der Waals surface area (Å²) in [6.07, 6.45) is 0.175. The SMILES string of the molecule is O=C(O)[C@H](Cc1cccc2c(-c3cc(CN4CCCC4)cc4ccncc34)cccc12)NC(=O)C1(C(F)(F)F)CCN(C2COC2)CC1. The maximum absolute atomic E-state index is 14.6. The van der Waals surface area contributed by atoms with Crippen LogP contribution in [0.3, 0.4) is 0 Å². The molecule has 0 radical (unpaired) electrons. The van der Waals surface area contributed by atoms with E-state index >= 15 is 0 Å². The number of likely N-dealkylation sites (tertiary alicyclic amines) is 2. The minimum atomic E-state index is -4.82. The van der Waals surface area contributed by atoms with E-state index < -0.39 is 42.4 Å². The molecule has 4 aromatic rings. The van der Waals surface area contributed by atoms with Gasteiger partial charge in [0.05, 0.1) is 19.3 Å². The van der Waals surface area contributed by atoms with E-state index in [4.69, 9.17) is 4.74 Å². The molecule has 0 unspecified atom stereocenters. The smallest absolute Gasteiger partial charge is 0.403 e. The molecule has 3 saturated heterocycles. The van der Waals surface area contributed by atoms with Crippen molar-refractivity contribution in [1.82, 2.24) is 20.1 Å². The molecule has 4 heterocycles. The lowest BCUT2D eigenvalue weighted by Crippen LogP contribution is -2.61. The van der Waals surface area contributed by atoms with Crippen molar-refractivity contribution in [2.75, 3.05) is 39.4 Å². The summed E-state index contributed by atoms with van der Waals surface area (Å²) < 4.78 is 48.9. The van der Waals surface area contributed by atoms with Gasteiger partial charge in [0.25, 0.3) is 0 Å². The third-order valence-electron chi connectivity index (χ3n) is 10.5. The van der Waals surface area contributed by atoms with Crippen LogP contribution in [0.15, 0.2) is 67.0 Å². The number of nitrogens with zero attached hydrogens (tertiary/aromatic N) is 3. The van der Waals surface area contributed by atoms with Gasteiger partial charge in [0.2, 0.25) is 5.91 Å².